The number of Topliss-reactive ketones (excluding diaryl/α,β-unsaturated/α-hetero) is 1. The van der Waals surface area contributed by atoms with Crippen molar-refractivity contribution in [2.75, 3.05) is 18.8 Å². The molecule has 1 N–H and O–H groups in total. The molecule has 0 saturated carbocycles. The standard InChI is InChI=1S/C17H24N2O2S2/c1-4-19(5-2)17(22)23-12-16(21)18-15(13(3)20)11-14-9-7-6-8-10-14/h6-10,15H,4-5,11-12H2,1-3H3,(H,18,21)/t15-/m1/s1. The summed E-state index contributed by atoms with van der Waals surface area (Å²) in [5.41, 5.74) is 1.03. The van der Waals surface area contributed by atoms with E-state index in [1.807, 2.05) is 49.1 Å². The Bertz CT molecular complexity index is 531. The van der Waals surface area contributed by atoms with Crippen LogP contribution < -0.4 is 5.32 Å². The number of thiocarbonyl (C=S) groups is 1. The predicted octanol–water partition coefficient (Wildman–Crippen LogP) is 2.66. The number of amides is 1. The van der Waals surface area contributed by atoms with E-state index in [0.717, 1.165) is 18.7 Å². The van der Waals surface area contributed by atoms with Gasteiger partial charge in [-0.3, -0.25) is 9.59 Å². The zero-order valence-electron chi connectivity index (χ0n) is 13.9. The Morgan fingerprint density at radius 3 is 2.35 bits per heavy atom. The SMILES string of the molecule is CCN(CC)C(=S)SCC(=O)N[C@H](Cc1ccccc1)C(C)=O. The van der Waals surface area contributed by atoms with Crippen molar-refractivity contribution in [3.8, 4) is 0 Å². The minimum atomic E-state index is -0.493. The lowest BCUT2D eigenvalue weighted by atomic mass is 10.0. The number of hydrogen-bond acceptors (Lipinski definition) is 4. The van der Waals surface area contributed by atoms with Crippen molar-refractivity contribution < 1.29 is 9.59 Å². The highest BCUT2D eigenvalue weighted by molar-refractivity contribution is 8.23. The van der Waals surface area contributed by atoms with Crippen LogP contribution in [-0.4, -0.2) is 45.8 Å². The Labute approximate surface area is 148 Å². The number of carbonyl (C=O) groups excluding carboxylic acids is 2. The number of benzene rings is 1. The predicted molar refractivity (Wildman–Crippen MR) is 101 cm³/mol. The van der Waals surface area contributed by atoms with Crippen LogP contribution in [-0.2, 0) is 16.0 Å². The number of nitrogens with one attached hydrogen (secondary N) is 1. The fourth-order valence-corrected chi connectivity index (χ4v) is 3.30. The first-order chi connectivity index (χ1) is 11.0. The molecule has 0 fully saturated rings. The van der Waals surface area contributed by atoms with E-state index in [2.05, 4.69) is 5.32 Å². The van der Waals surface area contributed by atoms with E-state index >= 15 is 0 Å². The van der Waals surface area contributed by atoms with E-state index in [1.54, 1.807) is 0 Å². The van der Waals surface area contributed by atoms with Crippen molar-refractivity contribution in [2.24, 2.45) is 0 Å². The van der Waals surface area contributed by atoms with Crippen molar-refractivity contribution in [3.63, 3.8) is 0 Å². The van der Waals surface area contributed by atoms with Crippen LogP contribution in [0.3, 0.4) is 0 Å². The number of thioether (sulfide) groups is 1. The van der Waals surface area contributed by atoms with Crippen LogP contribution in [0.2, 0.25) is 0 Å². The second-order valence-electron chi connectivity index (χ2n) is 5.15. The minimum Gasteiger partial charge on any atom is -0.358 e. The van der Waals surface area contributed by atoms with Gasteiger partial charge in [-0.1, -0.05) is 54.3 Å². The van der Waals surface area contributed by atoms with E-state index in [1.165, 1.54) is 18.7 Å². The molecule has 0 unspecified atom stereocenters. The van der Waals surface area contributed by atoms with E-state index in [-0.39, 0.29) is 17.4 Å². The third-order valence-electron chi connectivity index (χ3n) is 3.46. The average molecular weight is 353 g/mol. The van der Waals surface area contributed by atoms with Gasteiger partial charge in [0, 0.05) is 13.1 Å². The van der Waals surface area contributed by atoms with Gasteiger partial charge in [0.1, 0.15) is 4.32 Å². The summed E-state index contributed by atoms with van der Waals surface area (Å²) in [5.74, 6) is 0.0210. The van der Waals surface area contributed by atoms with E-state index in [4.69, 9.17) is 12.2 Å². The Morgan fingerprint density at radius 1 is 1.22 bits per heavy atom. The molecular weight excluding hydrogens is 328 g/mol. The van der Waals surface area contributed by atoms with Crippen molar-refractivity contribution >= 4 is 40.0 Å². The van der Waals surface area contributed by atoms with Crippen molar-refractivity contribution in [1.29, 1.82) is 0 Å². The fraction of sp³-hybridized carbons (Fsp3) is 0.471. The molecule has 4 nitrogen and oxygen atoms in total. The van der Waals surface area contributed by atoms with Gasteiger partial charge in [-0.05, 0) is 32.8 Å². The summed E-state index contributed by atoms with van der Waals surface area (Å²) in [6.07, 6.45) is 0.507. The van der Waals surface area contributed by atoms with Crippen LogP contribution in [0, 0.1) is 0 Å². The zero-order chi connectivity index (χ0) is 17.2. The van der Waals surface area contributed by atoms with Crippen molar-refractivity contribution in [1.82, 2.24) is 10.2 Å². The highest BCUT2D eigenvalue weighted by Gasteiger charge is 2.18. The van der Waals surface area contributed by atoms with Gasteiger partial charge in [0.05, 0.1) is 11.8 Å². The number of carbonyl (C=O) groups is 2. The lowest BCUT2D eigenvalue weighted by Gasteiger charge is -2.21. The summed E-state index contributed by atoms with van der Waals surface area (Å²) >= 11 is 6.64. The van der Waals surface area contributed by atoms with E-state index in [9.17, 15) is 9.59 Å². The summed E-state index contributed by atoms with van der Waals surface area (Å²) in [4.78, 5) is 25.9. The maximum Gasteiger partial charge on any atom is 0.231 e. The first-order valence-electron chi connectivity index (χ1n) is 7.73. The van der Waals surface area contributed by atoms with Gasteiger partial charge in [-0.15, -0.1) is 0 Å². The molecule has 0 spiro atoms. The number of hydrogen-bond donors (Lipinski definition) is 1. The quantitative estimate of drug-likeness (QED) is 0.729. The largest absolute Gasteiger partial charge is 0.358 e. The van der Waals surface area contributed by atoms with Crippen molar-refractivity contribution in [2.45, 2.75) is 33.2 Å². The highest BCUT2D eigenvalue weighted by Crippen LogP contribution is 2.10. The lowest BCUT2D eigenvalue weighted by molar-refractivity contribution is -0.125. The van der Waals surface area contributed by atoms with Crippen LogP contribution in [0.15, 0.2) is 30.3 Å². The molecule has 0 saturated heterocycles. The number of rotatable bonds is 8. The first-order valence-corrected chi connectivity index (χ1v) is 9.12. The van der Waals surface area contributed by atoms with Gasteiger partial charge < -0.3 is 10.2 Å². The maximum atomic E-state index is 12.1. The molecule has 1 aromatic carbocycles. The summed E-state index contributed by atoms with van der Waals surface area (Å²) in [7, 11) is 0. The fourth-order valence-electron chi connectivity index (χ4n) is 2.08. The Morgan fingerprint density at radius 2 is 1.83 bits per heavy atom. The molecule has 126 valence electrons. The normalized spacial score (nSPS) is 11.6. The van der Waals surface area contributed by atoms with Crippen LogP contribution in [0.4, 0.5) is 0 Å². The van der Waals surface area contributed by atoms with E-state index < -0.39 is 6.04 Å². The van der Waals surface area contributed by atoms with Crippen LogP contribution in [0.1, 0.15) is 26.3 Å². The smallest absolute Gasteiger partial charge is 0.231 e. The van der Waals surface area contributed by atoms with Gasteiger partial charge in [0.25, 0.3) is 0 Å². The molecule has 0 bridgehead atoms. The Hall–Kier alpha value is -1.40. The summed E-state index contributed by atoms with van der Waals surface area (Å²) < 4.78 is 0.715. The van der Waals surface area contributed by atoms with Gasteiger partial charge in [0.15, 0.2) is 5.78 Å². The second-order valence-corrected chi connectivity index (χ2v) is 6.76. The van der Waals surface area contributed by atoms with E-state index in [0.29, 0.717) is 10.7 Å². The third kappa shape index (κ3) is 7.14. The van der Waals surface area contributed by atoms with Gasteiger partial charge in [-0.25, -0.2) is 0 Å². The van der Waals surface area contributed by atoms with Crippen LogP contribution >= 0.6 is 24.0 Å². The molecule has 0 aliphatic heterocycles. The summed E-state index contributed by atoms with van der Waals surface area (Å²) in [6, 6.07) is 9.18. The molecule has 1 amide bonds. The summed E-state index contributed by atoms with van der Waals surface area (Å²) in [6.45, 7) is 7.22. The molecular formula is C17H24N2O2S2. The average Bonchev–Trinajstić information content (AvgIpc) is 2.54. The highest BCUT2D eigenvalue weighted by atomic mass is 32.2. The molecule has 0 aliphatic carbocycles. The number of nitrogens with zero attached hydrogens (tertiary/aromatic N) is 1. The van der Waals surface area contributed by atoms with Crippen LogP contribution in [0.5, 0.6) is 0 Å². The lowest BCUT2D eigenvalue weighted by Crippen LogP contribution is -2.42. The third-order valence-corrected chi connectivity index (χ3v) is 4.98. The van der Waals surface area contributed by atoms with Crippen molar-refractivity contribution in [3.05, 3.63) is 35.9 Å². The maximum absolute atomic E-state index is 12.1. The Kier molecular flexibility index (Phi) is 8.87. The second kappa shape index (κ2) is 10.4. The molecule has 1 rings (SSSR count). The van der Waals surface area contributed by atoms with Gasteiger partial charge in [0.2, 0.25) is 5.91 Å². The number of ketones is 1. The van der Waals surface area contributed by atoms with Crippen LogP contribution in [0.25, 0.3) is 0 Å². The first kappa shape index (κ1) is 19.6. The molecule has 0 heterocycles. The van der Waals surface area contributed by atoms with Gasteiger partial charge >= 0.3 is 0 Å². The van der Waals surface area contributed by atoms with Gasteiger partial charge in [-0.2, -0.15) is 0 Å². The zero-order valence-corrected chi connectivity index (χ0v) is 15.5. The summed E-state index contributed by atoms with van der Waals surface area (Å²) in [5, 5.41) is 2.81. The molecule has 0 radical (unpaired) electrons. The topological polar surface area (TPSA) is 49.4 Å². The minimum absolute atomic E-state index is 0.0430. The molecule has 0 aromatic heterocycles. The molecule has 6 heteroatoms. The molecule has 1 aromatic rings. The molecule has 0 aliphatic rings. The Balaban J connectivity index is 2.52. The monoisotopic (exact) mass is 352 g/mol. The molecule has 23 heavy (non-hydrogen) atoms. The molecule has 1 atom stereocenters.